The lowest BCUT2D eigenvalue weighted by Crippen LogP contribution is -2.15. The summed E-state index contributed by atoms with van der Waals surface area (Å²) in [7, 11) is -3.75. The van der Waals surface area contributed by atoms with E-state index in [9.17, 15) is 13.2 Å². The molecule has 0 saturated heterocycles. The summed E-state index contributed by atoms with van der Waals surface area (Å²) in [6.45, 7) is 4.46. The molecule has 2 aromatic carbocycles. The van der Waals surface area contributed by atoms with Crippen molar-refractivity contribution < 1.29 is 17.9 Å². The third kappa shape index (κ3) is 6.55. The third-order valence-electron chi connectivity index (χ3n) is 4.49. The van der Waals surface area contributed by atoms with E-state index in [-0.39, 0.29) is 16.6 Å². The lowest BCUT2D eigenvalue weighted by molar-refractivity contribution is -0.116. The maximum Gasteiger partial charge on any atom is 0.263 e. The number of carbonyl (C=O) groups is 1. The highest BCUT2D eigenvalue weighted by Crippen LogP contribution is 2.19. The van der Waals surface area contributed by atoms with Crippen LogP contribution in [0.5, 0.6) is 5.75 Å². The van der Waals surface area contributed by atoms with Gasteiger partial charge in [-0.3, -0.25) is 9.52 Å². The summed E-state index contributed by atoms with van der Waals surface area (Å²) in [5, 5.41) is 2.77. The van der Waals surface area contributed by atoms with Crippen molar-refractivity contribution in [2.75, 3.05) is 16.6 Å². The molecular formula is C23H25N3O4S. The summed E-state index contributed by atoms with van der Waals surface area (Å²) in [6, 6.07) is 16.9. The molecule has 0 fully saturated rings. The van der Waals surface area contributed by atoms with Gasteiger partial charge in [0.2, 0.25) is 5.91 Å². The molecule has 1 heterocycles. The van der Waals surface area contributed by atoms with Gasteiger partial charge in [-0.25, -0.2) is 13.4 Å². The second-order valence-electron chi connectivity index (χ2n) is 7.11. The molecule has 0 aliphatic heterocycles. The zero-order valence-corrected chi connectivity index (χ0v) is 18.3. The van der Waals surface area contributed by atoms with E-state index in [2.05, 4.69) is 21.1 Å². The number of benzene rings is 2. The van der Waals surface area contributed by atoms with Crippen LogP contribution in [0.1, 0.15) is 24.0 Å². The average molecular weight is 440 g/mol. The molecule has 0 bridgehead atoms. The van der Waals surface area contributed by atoms with Crippen LogP contribution in [0.4, 0.5) is 11.5 Å². The number of hydrogen-bond donors (Lipinski definition) is 2. The molecule has 2 N–H and O–H groups in total. The van der Waals surface area contributed by atoms with Crippen molar-refractivity contribution in [2.24, 2.45) is 0 Å². The molecule has 3 aromatic rings. The largest absolute Gasteiger partial charge is 0.493 e. The Balaban J connectivity index is 1.47. The van der Waals surface area contributed by atoms with Crippen LogP contribution in [0, 0.1) is 13.8 Å². The molecule has 0 radical (unpaired) electrons. The minimum atomic E-state index is -3.75. The highest BCUT2D eigenvalue weighted by atomic mass is 32.2. The van der Waals surface area contributed by atoms with Crippen LogP contribution in [0.2, 0.25) is 0 Å². The van der Waals surface area contributed by atoms with Crippen molar-refractivity contribution in [1.29, 1.82) is 0 Å². The van der Waals surface area contributed by atoms with E-state index in [0.717, 1.165) is 11.3 Å². The van der Waals surface area contributed by atoms with Gasteiger partial charge < -0.3 is 10.1 Å². The molecule has 0 aliphatic rings. The predicted molar refractivity (Wildman–Crippen MR) is 121 cm³/mol. The van der Waals surface area contributed by atoms with Crippen molar-refractivity contribution >= 4 is 27.4 Å². The molecule has 0 aliphatic carbocycles. The van der Waals surface area contributed by atoms with Gasteiger partial charge in [0.05, 0.1) is 11.5 Å². The standard InChI is InChI=1S/C23H25N3O4S/c1-17-8-13-21(18(2)16-17)30-15-5-7-23(27)25-19-9-11-20(12-10-19)31(28,29)26-22-6-3-4-14-24-22/h3-4,6,8-14,16H,5,7,15H2,1-2H3,(H,24,26)(H,25,27). The number of aryl methyl sites for hydroxylation is 2. The molecule has 8 heteroatoms. The number of aromatic nitrogens is 1. The van der Waals surface area contributed by atoms with Crippen molar-refractivity contribution in [1.82, 2.24) is 4.98 Å². The first-order chi connectivity index (χ1) is 14.8. The second kappa shape index (κ2) is 10.1. The van der Waals surface area contributed by atoms with Gasteiger partial charge in [-0.05, 0) is 68.3 Å². The van der Waals surface area contributed by atoms with Crippen LogP contribution in [-0.4, -0.2) is 25.9 Å². The fourth-order valence-electron chi connectivity index (χ4n) is 2.94. The van der Waals surface area contributed by atoms with Gasteiger partial charge in [-0.15, -0.1) is 0 Å². The minimum absolute atomic E-state index is 0.0815. The SMILES string of the molecule is Cc1ccc(OCCCC(=O)Nc2ccc(S(=O)(=O)Nc3ccccn3)cc2)c(C)c1. The summed E-state index contributed by atoms with van der Waals surface area (Å²) in [5.41, 5.74) is 2.77. The molecule has 1 aromatic heterocycles. The van der Waals surface area contributed by atoms with Crippen molar-refractivity contribution in [3.8, 4) is 5.75 Å². The Hall–Kier alpha value is -3.39. The molecule has 7 nitrogen and oxygen atoms in total. The summed E-state index contributed by atoms with van der Waals surface area (Å²) < 4.78 is 33.0. The maximum atomic E-state index is 12.4. The Labute approximate surface area is 182 Å². The van der Waals surface area contributed by atoms with Gasteiger partial charge in [-0.1, -0.05) is 23.8 Å². The minimum Gasteiger partial charge on any atom is -0.493 e. The van der Waals surface area contributed by atoms with E-state index in [0.29, 0.717) is 25.1 Å². The number of hydrogen-bond acceptors (Lipinski definition) is 5. The number of amides is 1. The molecule has 0 unspecified atom stereocenters. The Bertz CT molecular complexity index is 1130. The van der Waals surface area contributed by atoms with Crippen LogP contribution < -0.4 is 14.8 Å². The first-order valence-electron chi connectivity index (χ1n) is 9.87. The van der Waals surface area contributed by atoms with Gasteiger partial charge in [0, 0.05) is 18.3 Å². The monoisotopic (exact) mass is 439 g/mol. The summed E-state index contributed by atoms with van der Waals surface area (Å²) in [5.74, 6) is 0.900. The van der Waals surface area contributed by atoms with Crippen LogP contribution in [-0.2, 0) is 14.8 Å². The van der Waals surface area contributed by atoms with Gasteiger partial charge in [0.15, 0.2) is 0 Å². The lowest BCUT2D eigenvalue weighted by atomic mass is 10.1. The van der Waals surface area contributed by atoms with E-state index in [1.165, 1.54) is 23.9 Å². The number of carbonyl (C=O) groups excluding carboxylic acids is 1. The van der Waals surface area contributed by atoms with Crippen LogP contribution in [0.3, 0.4) is 0 Å². The van der Waals surface area contributed by atoms with Crippen molar-refractivity contribution in [3.05, 3.63) is 78.0 Å². The normalized spacial score (nSPS) is 11.0. The van der Waals surface area contributed by atoms with E-state index in [1.807, 2.05) is 26.0 Å². The Morgan fingerprint density at radius 1 is 1.03 bits per heavy atom. The van der Waals surface area contributed by atoms with E-state index < -0.39 is 10.0 Å². The third-order valence-corrected chi connectivity index (χ3v) is 5.86. The number of ether oxygens (including phenoxy) is 1. The zero-order chi connectivity index (χ0) is 22.3. The highest BCUT2D eigenvalue weighted by molar-refractivity contribution is 7.92. The van der Waals surface area contributed by atoms with Crippen LogP contribution in [0.15, 0.2) is 71.8 Å². The van der Waals surface area contributed by atoms with Gasteiger partial charge in [-0.2, -0.15) is 0 Å². The van der Waals surface area contributed by atoms with E-state index in [1.54, 1.807) is 30.3 Å². The summed E-state index contributed by atoms with van der Waals surface area (Å²) in [4.78, 5) is 16.2. The first-order valence-corrected chi connectivity index (χ1v) is 11.4. The smallest absolute Gasteiger partial charge is 0.263 e. The molecule has 0 spiro atoms. The fraction of sp³-hybridized carbons (Fsp3) is 0.217. The summed E-state index contributed by atoms with van der Waals surface area (Å²) >= 11 is 0. The number of anilines is 2. The maximum absolute atomic E-state index is 12.4. The predicted octanol–water partition coefficient (Wildman–Crippen LogP) is 4.30. The van der Waals surface area contributed by atoms with E-state index in [4.69, 9.17) is 4.74 Å². The number of rotatable bonds is 9. The number of pyridine rings is 1. The molecular weight excluding hydrogens is 414 g/mol. The number of sulfonamides is 1. The zero-order valence-electron chi connectivity index (χ0n) is 17.5. The number of nitrogens with zero attached hydrogens (tertiary/aromatic N) is 1. The lowest BCUT2D eigenvalue weighted by Gasteiger charge is -2.10. The highest BCUT2D eigenvalue weighted by Gasteiger charge is 2.14. The average Bonchev–Trinajstić information content (AvgIpc) is 2.73. The van der Waals surface area contributed by atoms with Gasteiger partial charge >= 0.3 is 0 Å². The summed E-state index contributed by atoms with van der Waals surface area (Å²) in [6.07, 6.45) is 2.37. The van der Waals surface area contributed by atoms with E-state index >= 15 is 0 Å². The van der Waals surface area contributed by atoms with Gasteiger partial charge in [0.25, 0.3) is 10.0 Å². The fourth-order valence-corrected chi connectivity index (χ4v) is 3.95. The Morgan fingerprint density at radius 3 is 2.48 bits per heavy atom. The molecule has 162 valence electrons. The Morgan fingerprint density at radius 2 is 1.81 bits per heavy atom. The topological polar surface area (TPSA) is 97.4 Å². The quantitative estimate of drug-likeness (QED) is 0.485. The number of nitrogens with one attached hydrogen (secondary N) is 2. The molecule has 1 amide bonds. The van der Waals surface area contributed by atoms with Crippen LogP contribution >= 0.6 is 0 Å². The molecule has 0 atom stereocenters. The molecule has 0 saturated carbocycles. The molecule has 3 rings (SSSR count). The van der Waals surface area contributed by atoms with Crippen molar-refractivity contribution in [3.63, 3.8) is 0 Å². The first kappa shape index (κ1) is 22.3. The molecule has 31 heavy (non-hydrogen) atoms. The second-order valence-corrected chi connectivity index (χ2v) is 8.80. The van der Waals surface area contributed by atoms with Crippen molar-refractivity contribution in [2.45, 2.75) is 31.6 Å². The van der Waals surface area contributed by atoms with Gasteiger partial charge in [0.1, 0.15) is 11.6 Å². The Kier molecular flexibility index (Phi) is 7.25. The van der Waals surface area contributed by atoms with Crippen LogP contribution in [0.25, 0.3) is 0 Å².